The van der Waals surface area contributed by atoms with Crippen molar-refractivity contribution in [3.8, 4) is 11.3 Å². The summed E-state index contributed by atoms with van der Waals surface area (Å²) in [6.07, 6.45) is 2.47. The van der Waals surface area contributed by atoms with Crippen LogP contribution in [0.15, 0.2) is 47.0 Å². The lowest BCUT2D eigenvalue weighted by Crippen LogP contribution is -1.85. The van der Waals surface area contributed by atoms with E-state index in [1.807, 2.05) is 25.1 Å². The van der Waals surface area contributed by atoms with E-state index >= 15 is 0 Å². The maximum atomic E-state index is 10.6. The molecule has 1 aromatic carbocycles. The smallest absolute Gasteiger partial charge is 0.185 e. The summed E-state index contributed by atoms with van der Waals surface area (Å²) in [5, 5.41) is 1.10. The van der Waals surface area contributed by atoms with Crippen molar-refractivity contribution in [2.45, 2.75) is 6.92 Å². The summed E-state index contributed by atoms with van der Waals surface area (Å²) in [6.45, 7) is 2.02. The quantitative estimate of drug-likeness (QED) is 0.639. The molecular weight excluding hydrogens is 226 g/mol. The summed E-state index contributed by atoms with van der Waals surface area (Å²) in [7, 11) is 0. The number of carbonyl (C=O) groups excluding carboxylic acids is 1. The number of aromatic nitrogens is 1. The van der Waals surface area contributed by atoms with Crippen LogP contribution in [0.3, 0.4) is 0 Å². The zero-order valence-corrected chi connectivity index (χ0v) is 9.88. The van der Waals surface area contributed by atoms with Gasteiger partial charge in [-0.3, -0.25) is 9.78 Å². The van der Waals surface area contributed by atoms with Crippen molar-refractivity contribution >= 4 is 17.2 Å². The van der Waals surface area contributed by atoms with Crippen LogP contribution in [0, 0.1) is 6.92 Å². The van der Waals surface area contributed by atoms with E-state index in [-0.39, 0.29) is 0 Å². The number of benzene rings is 1. The zero-order valence-electron chi connectivity index (χ0n) is 9.88. The largest absolute Gasteiger partial charge is 0.453 e. The first-order chi connectivity index (χ1) is 8.78. The van der Waals surface area contributed by atoms with E-state index in [0.717, 1.165) is 22.0 Å². The number of rotatable bonds is 2. The van der Waals surface area contributed by atoms with Gasteiger partial charge in [-0.05, 0) is 42.8 Å². The molecule has 3 heteroatoms. The van der Waals surface area contributed by atoms with Crippen molar-refractivity contribution in [2.75, 3.05) is 0 Å². The van der Waals surface area contributed by atoms with Crippen LogP contribution in [0.1, 0.15) is 16.1 Å². The number of aryl methyl sites for hydroxylation is 1. The molecule has 0 saturated carbocycles. The fraction of sp³-hybridized carbons (Fsp3) is 0.0667. The molecule has 2 aromatic heterocycles. The van der Waals surface area contributed by atoms with E-state index in [9.17, 15) is 4.79 Å². The first kappa shape index (κ1) is 10.7. The number of furan rings is 1. The predicted molar refractivity (Wildman–Crippen MR) is 69.6 cm³/mol. The van der Waals surface area contributed by atoms with Crippen LogP contribution in [-0.2, 0) is 0 Å². The lowest BCUT2D eigenvalue weighted by Gasteiger charge is -2.05. The number of aldehydes is 1. The second-order valence-electron chi connectivity index (χ2n) is 4.18. The molecule has 0 amide bonds. The van der Waals surface area contributed by atoms with Gasteiger partial charge in [0, 0.05) is 17.1 Å². The Morgan fingerprint density at radius 1 is 1.22 bits per heavy atom. The van der Waals surface area contributed by atoms with E-state index in [1.165, 1.54) is 0 Å². The predicted octanol–water partition coefficient (Wildman–Crippen LogP) is 3.62. The Balaban J connectivity index is 2.21. The molecule has 3 rings (SSSR count). The van der Waals surface area contributed by atoms with Gasteiger partial charge in [-0.2, -0.15) is 0 Å². The van der Waals surface area contributed by atoms with Gasteiger partial charge in [0.25, 0.3) is 0 Å². The summed E-state index contributed by atoms with van der Waals surface area (Å²) in [6, 6.07) is 11.5. The second kappa shape index (κ2) is 4.11. The minimum atomic E-state index is 0.338. The normalized spacial score (nSPS) is 10.7. The van der Waals surface area contributed by atoms with Gasteiger partial charge >= 0.3 is 0 Å². The number of carbonyl (C=O) groups is 1. The molecule has 0 atom stereocenters. The first-order valence-electron chi connectivity index (χ1n) is 5.69. The van der Waals surface area contributed by atoms with Crippen molar-refractivity contribution in [1.29, 1.82) is 0 Å². The summed E-state index contributed by atoms with van der Waals surface area (Å²) in [4.78, 5) is 15.0. The van der Waals surface area contributed by atoms with Crippen molar-refractivity contribution in [3.63, 3.8) is 0 Å². The molecule has 0 unspecified atom stereocenters. The summed E-state index contributed by atoms with van der Waals surface area (Å²) >= 11 is 0. The van der Waals surface area contributed by atoms with Crippen LogP contribution in [0.2, 0.25) is 0 Å². The third kappa shape index (κ3) is 1.70. The third-order valence-corrected chi connectivity index (χ3v) is 2.96. The van der Waals surface area contributed by atoms with E-state index in [1.54, 1.807) is 18.3 Å². The van der Waals surface area contributed by atoms with Crippen LogP contribution >= 0.6 is 0 Å². The highest BCUT2D eigenvalue weighted by molar-refractivity contribution is 5.85. The zero-order chi connectivity index (χ0) is 12.5. The van der Waals surface area contributed by atoms with Crippen LogP contribution in [0.4, 0.5) is 0 Å². The molecule has 0 radical (unpaired) electrons. The van der Waals surface area contributed by atoms with Gasteiger partial charge in [0.15, 0.2) is 12.0 Å². The highest BCUT2D eigenvalue weighted by Gasteiger charge is 2.09. The van der Waals surface area contributed by atoms with Gasteiger partial charge in [0.05, 0.1) is 5.52 Å². The van der Waals surface area contributed by atoms with Crippen molar-refractivity contribution in [3.05, 3.63) is 53.9 Å². The van der Waals surface area contributed by atoms with Gasteiger partial charge in [-0.1, -0.05) is 6.07 Å². The molecule has 0 N–H and O–H groups in total. The Bertz CT molecular complexity index is 728. The van der Waals surface area contributed by atoms with E-state index in [0.29, 0.717) is 17.8 Å². The highest BCUT2D eigenvalue weighted by Crippen LogP contribution is 2.28. The minimum Gasteiger partial charge on any atom is -0.453 e. The molecule has 0 saturated heterocycles. The van der Waals surface area contributed by atoms with E-state index < -0.39 is 0 Å². The number of hydrogen-bond donors (Lipinski definition) is 0. The average molecular weight is 237 g/mol. The Morgan fingerprint density at radius 2 is 2.11 bits per heavy atom. The van der Waals surface area contributed by atoms with Crippen molar-refractivity contribution in [2.24, 2.45) is 0 Å². The van der Waals surface area contributed by atoms with Crippen LogP contribution in [-0.4, -0.2) is 11.3 Å². The topological polar surface area (TPSA) is 43.1 Å². The van der Waals surface area contributed by atoms with Crippen LogP contribution < -0.4 is 0 Å². The molecule has 0 aliphatic carbocycles. The average Bonchev–Trinajstić information content (AvgIpc) is 2.86. The summed E-state index contributed by atoms with van der Waals surface area (Å²) in [5.41, 5.74) is 2.98. The molecule has 3 nitrogen and oxygen atoms in total. The van der Waals surface area contributed by atoms with Gasteiger partial charge in [-0.15, -0.1) is 0 Å². The highest BCUT2D eigenvalue weighted by atomic mass is 16.3. The molecule has 0 fully saturated rings. The number of hydrogen-bond acceptors (Lipinski definition) is 3. The monoisotopic (exact) mass is 237 g/mol. The molecule has 18 heavy (non-hydrogen) atoms. The fourth-order valence-electron chi connectivity index (χ4n) is 2.06. The van der Waals surface area contributed by atoms with Gasteiger partial charge < -0.3 is 4.42 Å². The fourth-order valence-corrected chi connectivity index (χ4v) is 2.06. The minimum absolute atomic E-state index is 0.338. The van der Waals surface area contributed by atoms with Gasteiger partial charge in [-0.25, -0.2) is 0 Å². The Labute approximate surface area is 104 Å². The maximum Gasteiger partial charge on any atom is 0.185 e. The molecular formula is C15H11NO2. The maximum absolute atomic E-state index is 10.6. The van der Waals surface area contributed by atoms with Crippen molar-refractivity contribution in [1.82, 2.24) is 4.98 Å². The van der Waals surface area contributed by atoms with Gasteiger partial charge in [0.1, 0.15) is 5.76 Å². The Kier molecular flexibility index (Phi) is 2.45. The number of fused-ring (bicyclic) bond motifs is 1. The van der Waals surface area contributed by atoms with Crippen LogP contribution in [0.25, 0.3) is 22.2 Å². The molecule has 3 aromatic rings. The Hall–Kier alpha value is -2.42. The molecule has 0 bridgehead atoms. The number of nitrogens with zero attached hydrogens (tertiary/aromatic N) is 1. The SMILES string of the molecule is Cc1cc2cccnc2cc1-c1ccc(C=O)o1. The van der Waals surface area contributed by atoms with Crippen molar-refractivity contribution < 1.29 is 9.21 Å². The number of pyridine rings is 1. The second-order valence-corrected chi connectivity index (χ2v) is 4.18. The van der Waals surface area contributed by atoms with Gasteiger partial charge in [0.2, 0.25) is 0 Å². The molecule has 0 spiro atoms. The molecule has 2 heterocycles. The standard InChI is InChI=1S/C15H11NO2/c1-10-7-11-3-2-6-16-14(11)8-13(10)15-5-4-12(9-17)18-15/h2-9H,1H3. The van der Waals surface area contributed by atoms with E-state index in [2.05, 4.69) is 11.1 Å². The molecule has 0 aliphatic rings. The van der Waals surface area contributed by atoms with Crippen LogP contribution in [0.5, 0.6) is 0 Å². The first-order valence-corrected chi connectivity index (χ1v) is 5.69. The molecule has 0 aliphatic heterocycles. The lowest BCUT2D eigenvalue weighted by molar-refractivity contribution is 0.110. The van der Waals surface area contributed by atoms with E-state index in [4.69, 9.17) is 4.42 Å². The summed E-state index contributed by atoms with van der Waals surface area (Å²) in [5.74, 6) is 1.03. The summed E-state index contributed by atoms with van der Waals surface area (Å²) < 4.78 is 5.45. The lowest BCUT2D eigenvalue weighted by atomic mass is 10.0. The molecule has 88 valence electrons. The Morgan fingerprint density at radius 3 is 2.89 bits per heavy atom. The third-order valence-electron chi connectivity index (χ3n) is 2.96.